The molecular formula is C17H29N3O2. The van der Waals surface area contributed by atoms with Crippen LogP contribution in [0.3, 0.4) is 0 Å². The molecule has 2 aliphatic carbocycles. The van der Waals surface area contributed by atoms with Crippen LogP contribution in [0.1, 0.15) is 58.3 Å². The van der Waals surface area contributed by atoms with Crippen LogP contribution in [0.2, 0.25) is 0 Å². The SMILES string of the molecule is CC1CCC(N(C(N)=O)C2CCN(C(=O)C3CC3)CC2)CC1. The number of nitrogens with zero attached hydrogens (tertiary/aromatic N) is 2. The van der Waals surface area contributed by atoms with Crippen molar-refractivity contribution in [3.8, 4) is 0 Å². The second-order valence-corrected chi connectivity index (χ2v) is 7.49. The molecule has 2 N–H and O–H groups in total. The second kappa shape index (κ2) is 6.47. The van der Waals surface area contributed by atoms with E-state index >= 15 is 0 Å². The first-order valence-corrected chi connectivity index (χ1v) is 8.93. The number of likely N-dealkylation sites (tertiary alicyclic amines) is 1. The maximum atomic E-state index is 12.1. The lowest BCUT2D eigenvalue weighted by atomic mass is 9.85. The lowest BCUT2D eigenvalue weighted by Crippen LogP contribution is -2.55. The van der Waals surface area contributed by atoms with Crippen molar-refractivity contribution in [3.63, 3.8) is 0 Å². The van der Waals surface area contributed by atoms with E-state index < -0.39 is 0 Å². The van der Waals surface area contributed by atoms with Crippen LogP contribution in [0, 0.1) is 11.8 Å². The zero-order valence-electron chi connectivity index (χ0n) is 13.7. The molecule has 3 fully saturated rings. The van der Waals surface area contributed by atoms with Gasteiger partial charge in [0, 0.05) is 31.1 Å². The highest BCUT2D eigenvalue weighted by atomic mass is 16.2. The topological polar surface area (TPSA) is 66.6 Å². The molecular weight excluding hydrogens is 278 g/mol. The fraction of sp³-hybridized carbons (Fsp3) is 0.882. The Labute approximate surface area is 133 Å². The van der Waals surface area contributed by atoms with Crippen molar-refractivity contribution in [2.75, 3.05) is 13.1 Å². The number of hydrogen-bond acceptors (Lipinski definition) is 2. The van der Waals surface area contributed by atoms with Gasteiger partial charge in [-0.05, 0) is 57.3 Å². The van der Waals surface area contributed by atoms with Gasteiger partial charge in [-0.2, -0.15) is 0 Å². The number of urea groups is 1. The van der Waals surface area contributed by atoms with E-state index in [0.29, 0.717) is 17.9 Å². The highest BCUT2D eigenvalue weighted by molar-refractivity contribution is 5.81. The number of carbonyl (C=O) groups excluding carboxylic acids is 2. The molecule has 0 bridgehead atoms. The second-order valence-electron chi connectivity index (χ2n) is 7.49. The summed E-state index contributed by atoms with van der Waals surface area (Å²) < 4.78 is 0. The van der Waals surface area contributed by atoms with Gasteiger partial charge < -0.3 is 15.5 Å². The molecule has 0 radical (unpaired) electrons. The lowest BCUT2D eigenvalue weighted by molar-refractivity contribution is -0.134. The van der Waals surface area contributed by atoms with Crippen LogP contribution in [0.15, 0.2) is 0 Å². The zero-order valence-corrected chi connectivity index (χ0v) is 13.7. The Hall–Kier alpha value is -1.26. The largest absolute Gasteiger partial charge is 0.351 e. The van der Waals surface area contributed by atoms with E-state index in [0.717, 1.165) is 57.5 Å². The maximum Gasteiger partial charge on any atom is 0.315 e. The number of rotatable bonds is 3. The third kappa shape index (κ3) is 3.39. The van der Waals surface area contributed by atoms with Crippen LogP contribution in [0.25, 0.3) is 0 Å². The molecule has 5 heteroatoms. The van der Waals surface area contributed by atoms with Crippen molar-refractivity contribution in [3.05, 3.63) is 0 Å². The maximum absolute atomic E-state index is 12.1. The van der Waals surface area contributed by atoms with Gasteiger partial charge in [0.05, 0.1) is 0 Å². The standard InChI is InChI=1S/C17H29N3O2/c1-12-2-6-14(7-3-12)20(17(18)22)15-8-10-19(11-9-15)16(21)13-4-5-13/h12-15H,2-11H2,1H3,(H2,18,22). The summed E-state index contributed by atoms with van der Waals surface area (Å²) in [5, 5.41) is 0. The highest BCUT2D eigenvalue weighted by Gasteiger charge is 2.38. The van der Waals surface area contributed by atoms with Gasteiger partial charge in [0.25, 0.3) is 0 Å². The van der Waals surface area contributed by atoms with E-state index in [4.69, 9.17) is 5.73 Å². The number of nitrogens with two attached hydrogens (primary N) is 1. The Kier molecular flexibility index (Phi) is 4.59. The third-order valence-corrected chi connectivity index (χ3v) is 5.73. The molecule has 3 rings (SSSR count). The van der Waals surface area contributed by atoms with Gasteiger partial charge in [0.2, 0.25) is 5.91 Å². The van der Waals surface area contributed by atoms with Crippen LogP contribution < -0.4 is 5.73 Å². The van der Waals surface area contributed by atoms with Crippen molar-refractivity contribution >= 4 is 11.9 Å². The Morgan fingerprint density at radius 2 is 1.45 bits per heavy atom. The summed E-state index contributed by atoms with van der Waals surface area (Å²) in [5.41, 5.74) is 5.69. The summed E-state index contributed by atoms with van der Waals surface area (Å²) in [6.07, 6.45) is 8.41. The normalized spacial score (nSPS) is 30.1. The van der Waals surface area contributed by atoms with Crippen molar-refractivity contribution in [1.29, 1.82) is 0 Å². The van der Waals surface area contributed by atoms with Crippen LogP contribution in [-0.4, -0.2) is 46.9 Å². The summed E-state index contributed by atoms with van der Waals surface area (Å²) in [6.45, 7) is 3.85. The smallest absolute Gasteiger partial charge is 0.315 e. The number of amides is 3. The van der Waals surface area contributed by atoms with Crippen molar-refractivity contribution < 1.29 is 9.59 Å². The molecule has 1 heterocycles. The molecule has 5 nitrogen and oxygen atoms in total. The fourth-order valence-corrected chi connectivity index (χ4v) is 4.13. The summed E-state index contributed by atoms with van der Waals surface area (Å²) in [6, 6.07) is 0.259. The predicted molar refractivity (Wildman–Crippen MR) is 85.2 cm³/mol. The molecule has 22 heavy (non-hydrogen) atoms. The van der Waals surface area contributed by atoms with Crippen LogP contribution >= 0.6 is 0 Å². The van der Waals surface area contributed by atoms with Crippen LogP contribution in [0.4, 0.5) is 4.79 Å². The summed E-state index contributed by atoms with van der Waals surface area (Å²) in [7, 11) is 0. The molecule has 1 saturated heterocycles. The molecule has 0 aromatic rings. The molecule has 124 valence electrons. The molecule has 0 aromatic heterocycles. The lowest BCUT2D eigenvalue weighted by Gasteiger charge is -2.43. The van der Waals surface area contributed by atoms with E-state index in [-0.39, 0.29) is 12.1 Å². The Bertz CT molecular complexity index is 420. The summed E-state index contributed by atoms with van der Waals surface area (Å²) in [4.78, 5) is 28.1. The summed E-state index contributed by atoms with van der Waals surface area (Å²) in [5.74, 6) is 1.39. The van der Waals surface area contributed by atoms with E-state index in [1.54, 1.807) is 0 Å². The molecule has 0 unspecified atom stereocenters. The Balaban J connectivity index is 1.56. The van der Waals surface area contributed by atoms with E-state index in [1.807, 2.05) is 9.80 Å². The van der Waals surface area contributed by atoms with Gasteiger partial charge in [-0.1, -0.05) is 6.92 Å². The van der Waals surface area contributed by atoms with Gasteiger partial charge >= 0.3 is 6.03 Å². The minimum Gasteiger partial charge on any atom is -0.351 e. The number of hydrogen-bond donors (Lipinski definition) is 1. The fourth-order valence-electron chi connectivity index (χ4n) is 4.13. The first-order valence-electron chi connectivity index (χ1n) is 8.93. The average Bonchev–Trinajstić information content (AvgIpc) is 3.34. The summed E-state index contributed by atoms with van der Waals surface area (Å²) >= 11 is 0. The monoisotopic (exact) mass is 307 g/mol. The highest BCUT2D eigenvalue weighted by Crippen LogP contribution is 2.33. The van der Waals surface area contributed by atoms with Gasteiger partial charge in [-0.15, -0.1) is 0 Å². The molecule has 3 aliphatic rings. The van der Waals surface area contributed by atoms with E-state index in [9.17, 15) is 9.59 Å². The van der Waals surface area contributed by atoms with Gasteiger partial charge in [0.15, 0.2) is 0 Å². The average molecular weight is 307 g/mol. The quantitative estimate of drug-likeness (QED) is 0.869. The van der Waals surface area contributed by atoms with Gasteiger partial charge in [0.1, 0.15) is 0 Å². The van der Waals surface area contributed by atoms with Gasteiger partial charge in [-0.3, -0.25) is 4.79 Å². The van der Waals surface area contributed by atoms with E-state index in [2.05, 4.69) is 6.92 Å². The number of carbonyl (C=O) groups is 2. The number of piperidine rings is 1. The molecule has 0 aromatic carbocycles. The van der Waals surface area contributed by atoms with Gasteiger partial charge in [-0.25, -0.2) is 4.79 Å². The zero-order chi connectivity index (χ0) is 15.7. The van der Waals surface area contributed by atoms with Crippen LogP contribution in [0.5, 0.6) is 0 Å². The van der Waals surface area contributed by atoms with Crippen LogP contribution in [-0.2, 0) is 4.79 Å². The molecule has 0 atom stereocenters. The van der Waals surface area contributed by atoms with Crippen molar-refractivity contribution in [2.45, 2.75) is 70.4 Å². The number of primary amides is 1. The molecule has 1 aliphatic heterocycles. The molecule has 2 saturated carbocycles. The molecule has 3 amide bonds. The van der Waals surface area contributed by atoms with E-state index in [1.165, 1.54) is 12.8 Å². The third-order valence-electron chi connectivity index (χ3n) is 5.73. The minimum absolute atomic E-state index is 0.221. The Morgan fingerprint density at radius 1 is 0.909 bits per heavy atom. The molecule has 0 spiro atoms. The van der Waals surface area contributed by atoms with Crippen molar-refractivity contribution in [1.82, 2.24) is 9.80 Å². The minimum atomic E-state index is -0.272. The first-order chi connectivity index (χ1) is 10.6. The van der Waals surface area contributed by atoms with Crippen molar-refractivity contribution in [2.24, 2.45) is 17.6 Å². The predicted octanol–water partition coefficient (Wildman–Crippen LogP) is 2.35. The Morgan fingerprint density at radius 3 is 1.95 bits per heavy atom. The first kappa shape index (κ1) is 15.6.